The van der Waals surface area contributed by atoms with Crippen molar-refractivity contribution in [2.75, 3.05) is 26.3 Å². The minimum Gasteiger partial charge on any atom is -0.378 e. The molecule has 0 saturated carbocycles. The molecule has 3 heterocycles. The van der Waals surface area contributed by atoms with Crippen molar-refractivity contribution in [2.24, 2.45) is 0 Å². The third-order valence-corrected chi connectivity index (χ3v) is 5.11. The fourth-order valence-corrected chi connectivity index (χ4v) is 3.55. The molecular weight excluding hydrogens is 378 g/mol. The quantitative estimate of drug-likeness (QED) is 0.535. The summed E-state index contributed by atoms with van der Waals surface area (Å²) in [5.41, 5.74) is 4.03. The summed E-state index contributed by atoms with van der Waals surface area (Å²) < 4.78 is 7.20. The van der Waals surface area contributed by atoms with Crippen molar-refractivity contribution in [1.29, 1.82) is 0 Å². The summed E-state index contributed by atoms with van der Waals surface area (Å²) >= 11 is 0. The van der Waals surface area contributed by atoms with Crippen LogP contribution in [0.3, 0.4) is 0 Å². The number of hydrogen-bond donors (Lipinski definition) is 1. The number of hydrogen-bond acceptors (Lipinski definition) is 4. The predicted molar refractivity (Wildman–Crippen MR) is 115 cm³/mol. The van der Waals surface area contributed by atoms with Crippen LogP contribution < -0.4 is 0 Å². The average molecular weight is 399 g/mol. The second-order valence-electron chi connectivity index (χ2n) is 7.12. The van der Waals surface area contributed by atoms with Gasteiger partial charge < -0.3 is 14.6 Å². The highest BCUT2D eigenvalue weighted by Gasteiger charge is 2.24. The first-order valence-corrected chi connectivity index (χ1v) is 9.92. The maximum Gasteiger partial charge on any atom is 0.257 e. The van der Waals surface area contributed by atoms with Crippen LogP contribution in [0.25, 0.3) is 28.4 Å². The number of fused-ring (bicyclic) bond motifs is 1. The van der Waals surface area contributed by atoms with Crippen LogP contribution in [-0.4, -0.2) is 56.9 Å². The average Bonchev–Trinajstić information content (AvgIpc) is 3.45. The van der Waals surface area contributed by atoms with Gasteiger partial charge in [0.1, 0.15) is 5.82 Å². The summed E-state index contributed by atoms with van der Waals surface area (Å²) in [6.45, 7) is 2.23. The van der Waals surface area contributed by atoms with Gasteiger partial charge in [-0.1, -0.05) is 30.3 Å². The Morgan fingerprint density at radius 1 is 1.03 bits per heavy atom. The topological polar surface area (TPSA) is 76.0 Å². The van der Waals surface area contributed by atoms with Gasteiger partial charge in [0.15, 0.2) is 0 Å². The van der Waals surface area contributed by atoms with Crippen LogP contribution in [0.5, 0.6) is 0 Å². The maximum absolute atomic E-state index is 13.4. The number of rotatable bonds is 4. The molecule has 0 spiro atoms. The van der Waals surface area contributed by atoms with Crippen LogP contribution in [0.1, 0.15) is 11.4 Å². The number of aromatic nitrogens is 4. The lowest BCUT2D eigenvalue weighted by molar-refractivity contribution is -0.128. The number of carbonyl (C=O) groups excluding carboxylic acids is 1. The molecule has 0 radical (unpaired) electrons. The zero-order valence-electron chi connectivity index (χ0n) is 16.4. The number of morpholine rings is 1. The van der Waals surface area contributed by atoms with E-state index in [1.54, 1.807) is 10.9 Å². The predicted octanol–water partition coefficient (Wildman–Crippen LogP) is 3.15. The fourth-order valence-electron chi connectivity index (χ4n) is 3.55. The van der Waals surface area contributed by atoms with Gasteiger partial charge in [-0.2, -0.15) is 5.10 Å². The SMILES string of the molecule is O=C(/C(=C/c1cnn(-c2ccccc2)c1)c1nc2ccccc2[nH]1)N1CCOCC1. The number of nitrogens with one attached hydrogen (secondary N) is 1. The number of benzene rings is 2. The van der Waals surface area contributed by atoms with Crippen molar-refractivity contribution < 1.29 is 9.53 Å². The van der Waals surface area contributed by atoms with Crippen LogP contribution >= 0.6 is 0 Å². The summed E-state index contributed by atoms with van der Waals surface area (Å²) in [5.74, 6) is 0.491. The number of amides is 1. The Balaban J connectivity index is 1.55. The molecule has 30 heavy (non-hydrogen) atoms. The van der Waals surface area contributed by atoms with E-state index in [4.69, 9.17) is 4.74 Å². The first kappa shape index (κ1) is 18.3. The van der Waals surface area contributed by atoms with Gasteiger partial charge in [0, 0.05) is 24.8 Å². The molecule has 1 fully saturated rings. The lowest BCUT2D eigenvalue weighted by atomic mass is 10.1. The van der Waals surface area contributed by atoms with Crippen LogP contribution in [-0.2, 0) is 9.53 Å². The van der Waals surface area contributed by atoms with Gasteiger partial charge in [0.25, 0.3) is 5.91 Å². The second-order valence-corrected chi connectivity index (χ2v) is 7.12. The van der Waals surface area contributed by atoms with Crippen molar-refractivity contribution in [3.63, 3.8) is 0 Å². The number of carbonyl (C=O) groups is 1. The molecule has 0 aliphatic carbocycles. The Hall–Kier alpha value is -3.71. The Morgan fingerprint density at radius 2 is 1.80 bits per heavy atom. The van der Waals surface area contributed by atoms with E-state index >= 15 is 0 Å². The van der Waals surface area contributed by atoms with E-state index in [-0.39, 0.29) is 5.91 Å². The van der Waals surface area contributed by atoms with Gasteiger partial charge in [-0.3, -0.25) is 4.79 Å². The van der Waals surface area contributed by atoms with Crippen molar-refractivity contribution >= 4 is 28.6 Å². The molecule has 1 amide bonds. The summed E-state index contributed by atoms with van der Waals surface area (Å²) in [5, 5.41) is 4.44. The summed E-state index contributed by atoms with van der Waals surface area (Å²) in [7, 11) is 0. The first-order valence-electron chi connectivity index (χ1n) is 9.92. The zero-order chi connectivity index (χ0) is 20.3. The number of H-pyrrole nitrogens is 1. The number of imidazole rings is 1. The minimum atomic E-state index is -0.0650. The first-order chi connectivity index (χ1) is 14.8. The Labute approximate surface area is 173 Å². The number of para-hydroxylation sites is 3. The van der Waals surface area contributed by atoms with E-state index in [1.165, 1.54) is 0 Å². The molecule has 0 atom stereocenters. The minimum absolute atomic E-state index is 0.0650. The molecule has 150 valence electrons. The van der Waals surface area contributed by atoms with E-state index in [2.05, 4.69) is 15.1 Å². The summed E-state index contributed by atoms with van der Waals surface area (Å²) in [4.78, 5) is 23.1. The molecule has 4 aromatic rings. The third-order valence-electron chi connectivity index (χ3n) is 5.11. The van der Waals surface area contributed by atoms with E-state index in [0.29, 0.717) is 37.7 Å². The molecule has 0 bridgehead atoms. The van der Waals surface area contributed by atoms with Crippen LogP contribution in [0.15, 0.2) is 67.0 Å². The molecule has 2 aromatic carbocycles. The molecule has 1 aliphatic rings. The maximum atomic E-state index is 13.4. The standard InChI is InChI=1S/C23H21N5O2/c29-23(27-10-12-30-13-11-27)19(22-25-20-8-4-5-9-21(20)26-22)14-17-15-24-28(16-17)18-6-2-1-3-7-18/h1-9,14-16H,10-13H2,(H,25,26)/b19-14+. The van der Waals surface area contributed by atoms with Gasteiger partial charge in [0.2, 0.25) is 0 Å². The van der Waals surface area contributed by atoms with Gasteiger partial charge >= 0.3 is 0 Å². The highest BCUT2D eigenvalue weighted by molar-refractivity contribution is 6.23. The van der Waals surface area contributed by atoms with Gasteiger partial charge in [0.05, 0.1) is 41.7 Å². The van der Waals surface area contributed by atoms with Crippen molar-refractivity contribution in [1.82, 2.24) is 24.6 Å². The summed E-state index contributed by atoms with van der Waals surface area (Å²) in [6, 6.07) is 17.6. The van der Waals surface area contributed by atoms with E-state index in [9.17, 15) is 4.79 Å². The highest BCUT2D eigenvalue weighted by Crippen LogP contribution is 2.22. The molecule has 5 rings (SSSR count). The highest BCUT2D eigenvalue weighted by atomic mass is 16.5. The number of nitrogens with zero attached hydrogens (tertiary/aromatic N) is 4. The molecule has 0 unspecified atom stereocenters. The molecule has 1 aliphatic heterocycles. The van der Waals surface area contributed by atoms with Crippen LogP contribution in [0.2, 0.25) is 0 Å². The second kappa shape index (κ2) is 7.96. The molecule has 2 aromatic heterocycles. The fraction of sp³-hybridized carbons (Fsp3) is 0.174. The molecule has 1 saturated heterocycles. The zero-order valence-corrected chi connectivity index (χ0v) is 16.4. The van der Waals surface area contributed by atoms with Crippen molar-refractivity contribution in [3.8, 4) is 5.69 Å². The van der Waals surface area contributed by atoms with E-state index in [1.807, 2.05) is 71.8 Å². The van der Waals surface area contributed by atoms with Gasteiger partial charge in [-0.05, 0) is 30.3 Å². The van der Waals surface area contributed by atoms with Crippen LogP contribution in [0, 0.1) is 0 Å². The van der Waals surface area contributed by atoms with Gasteiger partial charge in [-0.25, -0.2) is 9.67 Å². The Morgan fingerprint density at radius 3 is 2.60 bits per heavy atom. The van der Waals surface area contributed by atoms with E-state index in [0.717, 1.165) is 22.3 Å². The summed E-state index contributed by atoms with van der Waals surface area (Å²) in [6.07, 6.45) is 5.51. The Bertz CT molecular complexity index is 1170. The number of ether oxygens (including phenoxy) is 1. The lowest BCUT2D eigenvalue weighted by Gasteiger charge is -2.27. The molecule has 7 heteroatoms. The third kappa shape index (κ3) is 3.62. The van der Waals surface area contributed by atoms with Crippen molar-refractivity contribution in [3.05, 3.63) is 78.4 Å². The number of aromatic amines is 1. The molecule has 1 N–H and O–H groups in total. The molecular formula is C23H21N5O2. The van der Waals surface area contributed by atoms with E-state index < -0.39 is 0 Å². The largest absolute Gasteiger partial charge is 0.378 e. The Kier molecular flexibility index (Phi) is 4.86. The van der Waals surface area contributed by atoms with Crippen LogP contribution in [0.4, 0.5) is 0 Å². The normalized spacial score (nSPS) is 14.9. The van der Waals surface area contributed by atoms with Crippen molar-refractivity contribution in [2.45, 2.75) is 0 Å². The molecule has 7 nitrogen and oxygen atoms in total. The lowest BCUT2D eigenvalue weighted by Crippen LogP contribution is -2.41. The van der Waals surface area contributed by atoms with Gasteiger partial charge in [-0.15, -0.1) is 0 Å². The monoisotopic (exact) mass is 399 g/mol. The smallest absolute Gasteiger partial charge is 0.257 e.